The van der Waals surface area contributed by atoms with E-state index < -0.39 is 0 Å². The molecule has 3 heteroatoms. The quantitative estimate of drug-likeness (QED) is 0.832. The van der Waals surface area contributed by atoms with Crippen molar-refractivity contribution in [3.05, 3.63) is 35.4 Å². The van der Waals surface area contributed by atoms with Crippen molar-refractivity contribution in [3.8, 4) is 0 Å². The molecule has 0 bridgehead atoms. The van der Waals surface area contributed by atoms with E-state index in [9.17, 15) is 0 Å². The number of benzene rings is 1. The van der Waals surface area contributed by atoms with E-state index >= 15 is 0 Å². The lowest BCUT2D eigenvalue weighted by atomic mass is 9.96. The molecule has 0 amide bonds. The first-order chi connectivity index (χ1) is 10.2. The summed E-state index contributed by atoms with van der Waals surface area (Å²) in [5.41, 5.74) is 2.80. The second-order valence-electron chi connectivity index (χ2n) is 6.63. The molecule has 2 nitrogen and oxygen atoms in total. The van der Waals surface area contributed by atoms with E-state index in [1.165, 1.54) is 49.7 Å². The van der Waals surface area contributed by atoms with Crippen LogP contribution in [0.4, 0.5) is 0 Å². The number of likely N-dealkylation sites (tertiary alicyclic amines) is 1. The van der Waals surface area contributed by atoms with Crippen molar-refractivity contribution in [2.75, 3.05) is 13.1 Å². The third kappa shape index (κ3) is 3.76. The van der Waals surface area contributed by atoms with Gasteiger partial charge in [0.15, 0.2) is 5.11 Å². The van der Waals surface area contributed by atoms with Crippen molar-refractivity contribution in [1.29, 1.82) is 0 Å². The van der Waals surface area contributed by atoms with Gasteiger partial charge in [0.05, 0.1) is 0 Å². The summed E-state index contributed by atoms with van der Waals surface area (Å²) in [6.45, 7) is 4.31. The Kier molecular flexibility index (Phi) is 4.79. The van der Waals surface area contributed by atoms with Gasteiger partial charge in [0.2, 0.25) is 0 Å². The Morgan fingerprint density at radius 2 is 1.81 bits per heavy atom. The fourth-order valence-corrected chi connectivity index (χ4v) is 3.90. The molecule has 1 aromatic rings. The summed E-state index contributed by atoms with van der Waals surface area (Å²) < 4.78 is 0. The van der Waals surface area contributed by atoms with Crippen LogP contribution in [0.25, 0.3) is 0 Å². The Hall–Kier alpha value is -1.09. The molecule has 1 N–H and O–H groups in total. The minimum atomic E-state index is 0.615. The minimum absolute atomic E-state index is 0.615. The van der Waals surface area contributed by atoms with Crippen molar-refractivity contribution in [3.63, 3.8) is 0 Å². The van der Waals surface area contributed by atoms with Crippen molar-refractivity contribution >= 4 is 17.3 Å². The van der Waals surface area contributed by atoms with Gasteiger partial charge in [-0.15, -0.1) is 0 Å². The molecule has 0 spiro atoms. The van der Waals surface area contributed by atoms with Crippen LogP contribution in [0.5, 0.6) is 0 Å². The summed E-state index contributed by atoms with van der Waals surface area (Å²) in [5, 5.41) is 4.58. The van der Waals surface area contributed by atoms with Gasteiger partial charge in [-0.05, 0) is 44.0 Å². The molecule has 3 rings (SSSR count). The molecule has 0 unspecified atom stereocenters. The van der Waals surface area contributed by atoms with Gasteiger partial charge in [-0.3, -0.25) is 0 Å². The average molecular weight is 302 g/mol. The van der Waals surface area contributed by atoms with Crippen LogP contribution < -0.4 is 5.32 Å². The second kappa shape index (κ2) is 6.78. The standard InChI is InChI=1S/C18H26N2S/c1-14-7-9-15(10-8-14)16-11-12-20(13-16)18(21)19-17-5-3-2-4-6-17/h7-10,16-17H,2-6,11-13H2,1H3,(H,19,21)/t16-/m1/s1. The second-order valence-corrected chi connectivity index (χ2v) is 7.01. The largest absolute Gasteiger partial charge is 0.360 e. The highest BCUT2D eigenvalue weighted by Crippen LogP contribution is 2.27. The maximum Gasteiger partial charge on any atom is 0.169 e. The SMILES string of the molecule is Cc1ccc([C@@H]2CCN(C(=S)NC3CCCCC3)C2)cc1. The first-order valence-corrected chi connectivity index (χ1v) is 8.75. The summed E-state index contributed by atoms with van der Waals surface area (Å²) >= 11 is 5.63. The Balaban J connectivity index is 1.53. The Labute approximate surface area is 133 Å². The predicted molar refractivity (Wildman–Crippen MR) is 92.7 cm³/mol. The van der Waals surface area contributed by atoms with E-state index in [4.69, 9.17) is 12.2 Å². The van der Waals surface area contributed by atoms with Gasteiger partial charge in [-0.1, -0.05) is 49.1 Å². The molecule has 1 atom stereocenters. The van der Waals surface area contributed by atoms with Gasteiger partial charge >= 0.3 is 0 Å². The molecule has 114 valence electrons. The zero-order valence-corrected chi connectivity index (χ0v) is 13.8. The lowest BCUT2D eigenvalue weighted by molar-refractivity contribution is 0.394. The molecular weight excluding hydrogens is 276 g/mol. The van der Waals surface area contributed by atoms with Gasteiger partial charge in [0, 0.05) is 25.0 Å². The van der Waals surface area contributed by atoms with Crippen LogP contribution in [0.15, 0.2) is 24.3 Å². The predicted octanol–water partition coefficient (Wildman–Crippen LogP) is 3.99. The number of hydrogen-bond donors (Lipinski definition) is 1. The maximum atomic E-state index is 5.63. The van der Waals surface area contributed by atoms with Gasteiger partial charge in [0.25, 0.3) is 0 Å². The number of nitrogens with one attached hydrogen (secondary N) is 1. The summed E-state index contributed by atoms with van der Waals surface area (Å²) in [5.74, 6) is 0.636. The van der Waals surface area contributed by atoms with Crippen molar-refractivity contribution < 1.29 is 0 Å². The van der Waals surface area contributed by atoms with Crippen LogP contribution in [0.3, 0.4) is 0 Å². The summed E-state index contributed by atoms with van der Waals surface area (Å²) in [6.07, 6.45) is 7.89. The summed E-state index contributed by atoms with van der Waals surface area (Å²) in [7, 11) is 0. The zero-order valence-electron chi connectivity index (χ0n) is 13.0. The van der Waals surface area contributed by atoms with Gasteiger partial charge in [-0.25, -0.2) is 0 Å². The van der Waals surface area contributed by atoms with Crippen molar-refractivity contribution in [1.82, 2.24) is 10.2 Å². The van der Waals surface area contributed by atoms with Crippen molar-refractivity contribution in [2.45, 2.75) is 57.4 Å². The molecule has 1 aliphatic heterocycles. The van der Waals surface area contributed by atoms with Gasteiger partial charge in [-0.2, -0.15) is 0 Å². The Bertz CT molecular complexity index is 476. The van der Waals surface area contributed by atoms with Crippen LogP contribution >= 0.6 is 12.2 Å². The molecule has 0 aromatic heterocycles. The number of nitrogens with zero attached hydrogens (tertiary/aromatic N) is 1. The molecule has 1 saturated heterocycles. The molecular formula is C18H26N2S. The van der Waals surface area contributed by atoms with E-state index in [1.54, 1.807) is 0 Å². The molecule has 1 saturated carbocycles. The molecule has 0 radical (unpaired) electrons. The number of hydrogen-bond acceptors (Lipinski definition) is 1. The third-order valence-electron chi connectivity index (χ3n) is 4.96. The number of aryl methyl sites for hydroxylation is 1. The van der Waals surface area contributed by atoms with Gasteiger partial charge < -0.3 is 10.2 Å². The van der Waals surface area contributed by atoms with E-state index in [2.05, 4.69) is 41.4 Å². The normalized spacial score (nSPS) is 23.3. The summed E-state index contributed by atoms with van der Waals surface area (Å²) in [6, 6.07) is 9.61. The highest BCUT2D eigenvalue weighted by atomic mass is 32.1. The lowest BCUT2D eigenvalue weighted by Gasteiger charge is -2.28. The van der Waals surface area contributed by atoms with Crippen LogP contribution in [0.2, 0.25) is 0 Å². The Morgan fingerprint density at radius 3 is 2.52 bits per heavy atom. The first kappa shape index (κ1) is 14.8. The van der Waals surface area contributed by atoms with Crippen molar-refractivity contribution in [2.24, 2.45) is 0 Å². The fraction of sp³-hybridized carbons (Fsp3) is 0.611. The van der Waals surface area contributed by atoms with E-state index in [1.807, 2.05) is 0 Å². The van der Waals surface area contributed by atoms with Crippen LogP contribution in [-0.4, -0.2) is 29.1 Å². The minimum Gasteiger partial charge on any atom is -0.360 e. The highest BCUT2D eigenvalue weighted by Gasteiger charge is 2.26. The molecule has 1 heterocycles. The number of rotatable bonds is 2. The lowest BCUT2D eigenvalue weighted by Crippen LogP contribution is -2.44. The van der Waals surface area contributed by atoms with Crippen LogP contribution in [-0.2, 0) is 0 Å². The van der Waals surface area contributed by atoms with E-state index in [0.29, 0.717) is 12.0 Å². The topological polar surface area (TPSA) is 15.3 Å². The third-order valence-corrected chi connectivity index (χ3v) is 5.33. The molecule has 1 aliphatic carbocycles. The molecule has 2 fully saturated rings. The van der Waals surface area contributed by atoms with E-state index in [0.717, 1.165) is 18.2 Å². The molecule has 21 heavy (non-hydrogen) atoms. The van der Waals surface area contributed by atoms with Crippen LogP contribution in [0, 0.1) is 6.92 Å². The van der Waals surface area contributed by atoms with E-state index in [-0.39, 0.29) is 0 Å². The zero-order chi connectivity index (χ0) is 14.7. The average Bonchev–Trinajstić information content (AvgIpc) is 2.99. The van der Waals surface area contributed by atoms with Gasteiger partial charge in [0.1, 0.15) is 0 Å². The highest BCUT2D eigenvalue weighted by molar-refractivity contribution is 7.80. The fourth-order valence-electron chi connectivity index (χ4n) is 3.57. The Morgan fingerprint density at radius 1 is 1.10 bits per heavy atom. The maximum absolute atomic E-state index is 5.63. The van der Waals surface area contributed by atoms with Crippen LogP contribution in [0.1, 0.15) is 55.6 Å². The molecule has 1 aromatic carbocycles. The smallest absolute Gasteiger partial charge is 0.169 e. The monoisotopic (exact) mass is 302 g/mol. The first-order valence-electron chi connectivity index (χ1n) is 8.34. The molecule has 2 aliphatic rings. The number of thiocarbonyl (C=S) groups is 1. The summed E-state index contributed by atoms with van der Waals surface area (Å²) in [4.78, 5) is 2.37.